The zero-order valence-electron chi connectivity index (χ0n) is 37.3. The van der Waals surface area contributed by atoms with E-state index in [0.717, 1.165) is 61.8 Å². The standard InChI is InChI=1S/C31H28Cl2N2O5.C24H18Cl2N2O/c32-24-12-15-26(27(33)19-24)28-20-35(17-1-3-30(36)37)29(34-28)16-7-21-5-8-22(9-6-21)23-10-13-25(14-11-23)40-18-2-4-31(38)39;1-29-20-10-7-18(8-11-20)17-5-2-16(3-6-17)4-13-24-27-15-23(28-24)21-12-9-19(25)14-22(21)26/h5-16,19-20H,1-4,17-18H2,(H,36,37)(H,38,39);2-15H,1H3,(H,27,28)/b16-7+;13-4+. The number of imidazole rings is 2. The van der Waals surface area contributed by atoms with Crippen molar-refractivity contribution in [2.75, 3.05) is 13.7 Å². The lowest BCUT2D eigenvalue weighted by Gasteiger charge is -2.07. The molecule has 0 atom stereocenters. The molecule has 0 bridgehead atoms. The van der Waals surface area contributed by atoms with E-state index in [4.69, 9.17) is 71.1 Å². The molecule has 0 amide bonds. The Hall–Kier alpha value is -7.08. The van der Waals surface area contributed by atoms with Gasteiger partial charge in [-0.25, -0.2) is 9.97 Å². The Labute approximate surface area is 420 Å². The number of aromatic nitrogens is 4. The van der Waals surface area contributed by atoms with Gasteiger partial charge in [0.25, 0.3) is 0 Å². The molecule has 0 fully saturated rings. The number of aliphatic carboxylic acids is 2. The van der Waals surface area contributed by atoms with E-state index >= 15 is 0 Å². The van der Waals surface area contributed by atoms with Gasteiger partial charge >= 0.3 is 11.9 Å². The maximum Gasteiger partial charge on any atom is 0.303 e. The van der Waals surface area contributed by atoms with Crippen LogP contribution in [-0.4, -0.2) is 55.4 Å². The van der Waals surface area contributed by atoms with E-state index in [-0.39, 0.29) is 12.8 Å². The first-order valence-electron chi connectivity index (χ1n) is 21.8. The molecule has 8 aromatic rings. The van der Waals surface area contributed by atoms with Crippen molar-refractivity contribution in [2.45, 2.75) is 32.2 Å². The number of carbonyl (C=O) groups is 2. The van der Waals surface area contributed by atoms with Gasteiger partial charge in [0.05, 0.1) is 35.1 Å². The van der Waals surface area contributed by atoms with Crippen molar-refractivity contribution in [1.82, 2.24) is 19.5 Å². The number of ether oxygens (including phenoxy) is 2. The normalized spacial score (nSPS) is 11.1. The van der Waals surface area contributed by atoms with Crippen molar-refractivity contribution >= 4 is 82.6 Å². The molecule has 14 heteroatoms. The number of carboxylic acid groups (broad SMARTS) is 2. The van der Waals surface area contributed by atoms with Crippen LogP contribution < -0.4 is 9.47 Å². The van der Waals surface area contributed by atoms with Crippen LogP contribution in [0.5, 0.6) is 11.5 Å². The Balaban J connectivity index is 0.000000214. The lowest BCUT2D eigenvalue weighted by Crippen LogP contribution is -2.02. The third-order valence-electron chi connectivity index (χ3n) is 10.7. The predicted octanol–water partition coefficient (Wildman–Crippen LogP) is 15.0. The van der Waals surface area contributed by atoms with Crippen molar-refractivity contribution in [3.05, 3.63) is 189 Å². The highest BCUT2D eigenvalue weighted by molar-refractivity contribution is 6.37. The van der Waals surface area contributed by atoms with Gasteiger partial charge in [0.2, 0.25) is 0 Å². The lowest BCUT2D eigenvalue weighted by molar-refractivity contribution is -0.138. The van der Waals surface area contributed by atoms with Gasteiger partial charge in [-0.05, 0) is 119 Å². The molecule has 350 valence electrons. The van der Waals surface area contributed by atoms with E-state index in [1.54, 1.807) is 31.4 Å². The number of nitrogens with one attached hydrogen (secondary N) is 1. The molecule has 0 radical (unpaired) electrons. The van der Waals surface area contributed by atoms with Crippen LogP contribution in [0.3, 0.4) is 0 Å². The third kappa shape index (κ3) is 14.5. The van der Waals surface area contributed by atoms with Crippen molar-refractivity contribution in [1.29, 1.82) is 0 Å². The van der Waals surface area contributed by atoms with Gasteiger partial charge in [0.15, 0.2) is 0 Å². The number of nitrogens with zero attached hydrogens (tertiary/aromatic N) is 3. The number of aryl methyl sites for hydroxylation is 1. The number of methoxy groups -OCH3 is 1. The molecule has 6 aromatic carbocycles. The monoisotopic (exact) mass is 998 g/mol. The summed E-state index contributed by atoms with van der Waals surface area (Å²) < 4.78 is 12.7. The first kappa shape index (κ1) is 49.8. The highest BCUT2D eigenvalue weighted by Crippen LogP contribution is 2.32. The number of aromatic amines is 1. The van der Waals surface area contributed by atoms with E-state index in [1.165, 1.54) is 0 Å². The molecule has 0 spiro atoms. The Kier molecular flexibility index (Phi) is 17.5. The summed E-state index contributed by atoms with van der Waals surface area (Å²) in [5, 5.41) is 20.0. The minimum Gasteiger partial charge on any atom is -0.497 e. The molecule has 0 aliphatic rings. The fraction of sp³-hybridized carbons (Fsp3) is 0.127. The van der Waals surface area contributed by atoms with E-state index in [9.17, 15) is 9.59 Å². The van der Waals surface area contributed by atoms with Gasteiger partial charge in [-0.2, -0.15) is 0 Å². The number of hydrogen-bond donors (Lipinski definition) is 3. The maximum absolute atomic E-state index is 11.0. The summed E-state index contributed by atoms with van der Waals surface area (Å²) in [6.07, 6.45) is 12.6. The molecule has 10 nitrogen and oxygen atoms in total. The largest absolute Gasteiger partial charge is 0.497 e. The number of rotatable bonds is 18. The van der Waals surface area contributed by atoms with Gasteiger partial charge in [0.1, 0.15) is 23.1 Å². The second kappa shape index (κ2) is 24.3. The molecular weight excluding hydrogens is 954 g/mol. The quantitative estimate of drug-likeness (QED) is 0.0722. The van der Waals surface area contributed by atoms with Gasteiger partial charge in [-0.3, -0.25) is 9.59 Å². The molecule has 2 heterocycles. The summed E-state index contributed by atoms with van der Waals surface area (Å²) in [7, 11) is 1.67. The zero-order chi connectivity index (χ0) is 48.7. The molecule has 0 unspecified atom stereocenters. The smallest absolute Gasteiger partial charge is 0.303 e. The average molecular weight is 1000 g/mol. The molecule has 8 rings (SSSR count). The molecule has 3 N–H and O–H groups in total. The molecular formula is C55H46Cl4N4O6. The Bertz CT molecular complexity index is 3060. The lowest BCUT2D eigenvalue weighted by atomic mass is 10.0. The predicted molar refractivity (Wildman–Crippen MR) is 279 cm³/mol. The second-order valence-corrected chi connectivity index (χ2v) is 17.3. The van der Waals surface area contributed by atoms with Crippen LogP contribution in [0.1, 0.15) is 48.5 Å². The van der Waals surface area contributed by atoms with Crippen molar-refractivity contribution < 1.29 is 29.3 Å². The fourth-order valence-corrected chi connectivity index (χ4v) is 8.10. The van der Waals surface area contributed by atoms with Crippen LogP contribution in [0.4, 0.5) is 0 Å². The van der Waals surface area contributed by atoms with Crippen LogP contribution in [0.15, 0.2) is 146 Å². The molecule has 0 saturated heterocycles. The van der Waals surface area contributed by atoms with Gasteiger partial charge in [-0.15, -0.1) is 0 Å². The van der Waals surface area contributed by atoms with Gasteiger partial charge < -0.3 is 29.2 Å². The third-order valence-corrected chi connectivity index (χ3v) is 11.8. The summed E-state index contributed by atoms with van der Waals surface area (Å²) in [5.74, 6) is 1.33. The van der Waals surface area contributed by atoms with E-state index in [1.807, 2.05) is 114 Å². The highest BCUT2D eigenvalue weighted by Gasteiger charge is 2.13. The summed E-state index contributed by atoms with van der Waals surface area (Å²) in [6, 6.07) is 42.8. The fourth-order valence-electron chi connectivity index (χ4n) is 7.09. The van der Waals surface area contributed by atoms with Crippen LogP contribution in [-0.2, 0) is 16.1 Å². The maximum atomic E-state index is 11.0. The molecule has 0 aliphatic heterocycles. The van der Waals surface area contributed by atoms with E-state index < -0.39 is 11.9 Å². The first-order valence-corrected chi connectivity index (χ1v) is 23.3. The van der Waals surface area contributed by atoms with E-state index in [0.29, 0.717) is 63.4 Å². The number of H-pyrrole nitrogens is 1. The number of hydrogen-bond acceptors (Lipinski definition) is 6. The number of carboxylic acids is 2. The minimum atomic E-state index is -0.837. The van der Waals surface area contributed by atoms with Crippen LogP contribution in [0.25, 0.3) is 69.1 Å². The Morgan fingerprint density at radius 3 is 1.61 bits per heavy atom. The van der Waals surface area contributed by atoms with Crippen molar-refractivity contribution in [3.63, 3.8) is 0 Å². The highest BCUT2D eigenvalue weighted by atomic mass is 35.5. The van der Waals surface area contributed by atoms with Gasteiger partial charge in [0, 0.05) is 53.0 Å². The minimum absolute atomic E-state index is 0.0671. The van der Waals surface area contributed by atoms with Crippen molar-refractivity contribution in [3.8, 4) is 56.3 Å². The molecule has 69 heavy (non-hydrogen) atoms. The first-order chi connectivity index (χ1) is 33.4. The van der Waals surface area contributed by atoms with E-state index in [2.05, 4.69) is 46.4 Å². The summed E-state index contributed by atoms with van der Waals surface area (Å²) in [4.78, 5) is 34.1. The van der Waals surface area contributed by atoms with Crippen molar-refractivity contribution in [2.24, 2.45) is 0 Å². The summed E-state index contributed by atoms with van der Waals surface area (Å²) in [5.41, 5.74) is 9.51. The Morgan fingerprint density at radius 2 is 1.09 bits per heavy atom. The number of benzene rings is 6. The molecule has 0 aliphatic carbocycles. The summed E-state index contributed by atoms with van der Waals surface area (Å²) >= 11 is 24.7. The van der Waals surface area contributed by atoms with Crippen LogP contribution >= 0.6 is 46.4 Å². The van der Waals surface area contributed by atoms with Gasteiger partial charge in [-0.1, -0.05) is 131 Å². The Morgan fingerprint density at radius 1 is 0.594 bits per heavy atom. The van der Waals surface area contributed by atoms with Crippen LogP contribution in [0.2, 0.25) is 20.1 Å². The topological polar surface area (TPSA) is 140 Å². The SMILES string of the molecule is COc1ccc(-c2ccc(/C=C/c3nc(-c4ccc(Cl)cc4Cl)c[nH]3)cc2)cc1.O=C(O)CCCOc1ccc(-c2ccc(/C=C/c3nc(-c4ccc(Cl)cc4Cl)cn3CCCC(=O)O)cc2)cc1. The van der Waals surface area contributed by atoms with Crippen LogP contribution in [0, 0.1) is 0 Å². The molecule has 2 aromatic heterocycles. The second-order valence-electron chi connectivity index (χ2n) is 15.6. The zero-order valence-corrected chi connectivity index (χ0v) is 40.3. The summed E-state index contributed by atoms with van der Waals surface area (Å²) in [6.45, 7) is 0.862. The molecule has 0 saturated carbocycles. The average Bonchev–Trinajstić information content (AvgIpc) is 3.99. The number of halogens is 4.